The van der Waals surface area contributed by atoms with Crippen molar-refractivity contribution >= 4 is 5.97 Å². The molecular weight excluding hydrogens is 336 g/mol. The van der Waals surface area contributed by atoms with E-state index >= 15 is 0 Å². The van der Waals surface area contributed by atoms with Crippen LogP contribution in [-0.2, 0) is 20.9 Å². The zero-order chi connectivity index (χ0) is 19.2. The third-order valence-electron chi connectivity index (χ3n) is 6.01. The Labute approximate surface area is 163 Å². The number of allylic oxidation sites excluding steroid dienone is 2. The maximum Gasteiger partial charge on any atom is 0.306 e. The fraction of sp³-hybridized carbons (Fsp3) is 0.542. The highest BCUT2D eigenvalue weighted by molar-refractivity contribution is 5.70. The first-order valence-corrected chi connectivity index (χ1v) is 10.2. The van der Waals surface area contributed by atoms with Crippen molar-refractivity contribution in [3.63, 3.8) is 0 Å². The SMILES string of the molecule is C=C(C)[C@H]1CC/C2=C/C[C@@H]([C@H](C)COCc3ccccc3)OC(=O)C[C@H]2C1. The van der Waals surface area contributed by atoms with Crippen LogP contribution in [0.25, 0.3) is 0 Å². The Balaban J connectivity index is 1.55. The Morgan fingerprint density at radius 1 is 1.33 bits per heavy atom. The summed E-state index contributed by atoms with van der Waals surface area (Å²) >= 11 is 0. The Hall–Kier alpha value is -1.87. The van der Waals surface area contributed by atoms with Gasteiger partial charge < -0.3 is 9.47 Å². The molecule has 0 aromatic heterocycles. The molecule has 2 aliphatic rings. The molecule has 1 saturated carbocycles. The molecule has 3 nitrogen and oxygen atoms in total. The van der Waals surface area contributed by atoms with Gasteiger partial charge >= 0.3 is 5.97 Å². The van der Waals surface area contributed by atoms with Crippen LogP contribution in [0.5, 0.6) is 0 Å². The largest absolute Gasteiger partial charge is 0.462 e. The molecule has 1 heterocycles. The van der Waals surface area contributed by atoms with E-state index in [4.69, 9.17) is 9.47 Å². The van der Waals surface area contributed by atoms with Crippen molar-refractivity contribution < 1.29 is 14.3 Å². The lowest BCUT2D eigenvalue weighted by molar-refractivity contribution is -0.154. The van der Waals surface area contributed by atoms with Gasteiger partial charge in [0.05, 0.1) is 19.6 Å². The van der Waals surface area contributed by atoms with Crippen molar-refractivity contribution in [2.24, 2.45) is 17.8 Å². The van der Waals surface area contributed by atoms with E-state index in [1.807, 2.05) is 18.2 Å². The summed E-state index contributed by atoms with van der Waals surface area (Å²) in [4.78, 5) is 12.5. The van der Waals surface area contributed by atoms with Gasteiger partial charge in [0.2, 0.25) is 0 Å². The van der Waals surface area contributed by atoms with Gasteiger partial charge in [-0.2, -0.15) is 0 Å². The van der Waals surface area contributed by atoms with E-state index in [1.165, 1.54) is 16.7 Å². The molecule has 0 radical (unpaired) electrons. The summed E-state index contributed by atoms with van der Waals surface area (Å²) in [6.45, 7) is 9.52. The van der Waals surface area contributed by atoms with Gasteiger partial charge in [-0.3, -0.25) is 4.79 Å². The summed E-state index contributed by atoms with van der Waals surface area (Å²) in [5.74, 6) is 0.990. The number of cyclic esters (lactones) is 1. The fourth-order valence-corrected chi connectivity index (χ4v) is 4.21. The third-order valence-corrected chi connectivity index (χ3v) is 6.01. The van der Waals surface area contributed by atoms with Crippen molar-refractivity contribution in [2.75, 3.05) is 6.61 Å². The van der Waals surface area contributed by atoms with Gasteiger partial charge in [-0.05, 0) is 43.6 Å². The highest BCUT2D eigenvalue weighted by Crippen LogP contribution is 2.40. The van der Waals surface area contributed by atoms with Crippen LogP contribution in [0.1, 0.15) is 51.5 Å². The lowest BCUT2D eigenvalue weighted by atomic mass is 9.73. The first kappa shape index (κ1) is 19.9. The summed E-state index contributed by atoms with van der Waals surface area (Å²) in [6.07, 6.45) is 6.82. The minimum Gasteiger partial charge on any atom is -0.462 e. The second-order valence-electron chi connectivity index (χ2n) is 8.24. The summed E-state index contributed by atoms with van der Waals surface area (Å²) < 4.78 is 11.7. The number of ether oxygens (including phenoxy) is 2. The molecule has 146 valence electrons. The molecule has 1 aliphatic carbocycles. The molecule has 1 aliphatic heterocycles. The molecule has 1 aromatic rings. The van der Waals surface area contributed by atoms with E-state index in [2.05, 4.69) is 38.6 Å². The number of hydrogen-bond donors (Lipinski definition) is 0. The third kappa shape index (κ3) is 5.55. The molecule has 3 heteroatoms. The maximum atomic E-state index is 12.5. The average Bonchev–Trinajstić information content (AvgIpc) is 2.64. The Morgan fingerprint density at radius 3 is 2.85 bits per heavy atom. The van der Waals surface area contributed by atoms with Crippen LogP contribution in [0.15, 0.2) is 54.1 Å². The Kier molecular flexibility index (Phi) is 6.89. The second-order valence-corrected chi connectivity index (χ2v) is 8.24. The van der Waals surface area contributed by atoms with E-state index in [9.17, 15) is 4.79 Å². The molecule has 4 atom stereocenters. The lowest BCUT2D eigenvalue weighted by Crippen LogP contribution is -2.32. The summed E-state index contributed by atoms with van der Waals surface area (Å²) in [5, 5.41) is 0. The van der Waals surface area contributed by atoms with Gasteiger partial charge in [0.1, 0.15) is 6.10 Å². The molecule has 0 unspecified atom stereocenters. The van der Waals surface area contributed by atoms with Crippen LogP contribution < -0.4 is 0 Å². The van der Waals surface area contributed by atoms with Gasteiger partial charge in [-0.25, -0.2) is 0 Å². The van der Waals surface area contributed by atoms with Crippen molar-refractivity contribution in [1.82, 2.24) is 0 Å². The van der Waals surface area contributed by atoms with E-state index in [1.54, 1.807) is 0 Å². The van der Waals surface area contributed by atoms with Crippen LogP contribution in [0, 0.1) is 17.8 Å². The quantitative estimate of drug-likeness (QED) is 0.494. The summed E-state index contributed by atoms with van der Waals surface area (Å²) in [7, 11) is 0. The molecule has 0 saturated heterocycles. The molecular formula is C24H32O3. The van der Waals surface area contributed by atoms with Crippen molar-refractivity contribution in [3.8, 4) is 0 Å². The van der Waals surface area contributed by atoms with Crippen LogP contribution in [-0.4, -0.2) is 18.7 Å². The van der Waals surface area contributed by atoms with Crippen molar-refractivity contribution in [1.29, 1.82) is 0 Å². The van der Waals surface area contributed by atoms with E-state index in [0.717, 1.165) is 25.7 Å². The smallest absolute Gasteiger partial charge is 0.306 e. The molecule has 0 amide bonds. The highest BCUT2D eigenvalue weighted by atomic mass is 16.5. The molecule has 0 N–H and O–H groups in total. The second kappa shape index (κ2) is 9.36. The van der Waals surface area contributed by atoms with Gasteiger partial charge in [-0.1, -0.05) is 61.1 Å². The maximum absolute atomic E-state index is 12.5. The number of benzene rings is 1. The predicted octanol–water partition coefficient (Wildman–Crippen LogP) is 5.46. The number of hydrogen-bond acceptors (Lipinski definition) is 3. The molecule has 0 bridgehead atoms. The Bertz CT molecular complexity index is 676. The van der Waals surface area contributed by atoms with E-state index < -0.39 is 0 Å². The standard InChI is InChI=1S/C24H32O3/c1-17(2)21-10-9-20-11-12-23(27-24(25)14-22(20)13-21)18(3)15-26-16-19-7-5-4-6-8-19/h4-8,11,18,21-23H,1,9-10,12-16H2,2-3H3/b20-11-/t18-,21+,22-,23+/m1/s1. The van der Waals surface area contributed by atoms with Crippen molar-refractivity contribution in [3.05, 3.63) is 59.7 Å². The topological polar surface area (TPSA) is 35.5 Å². The molecule has 27 heavy (non-hydrogen) atoms. The predicted molar refractivity (Wildman–Crippen MR) is 108 cm³/mol. The van der Waals surface area contributed by atoms with Crippen LogP contribution in [0.3, 0.4) is 0 Å². The molecule has 3 rings (SSSR count). The number of rotatable bonds is 6. The minimum absolute atomic E-state index is 0.0622. The number of carbonyl (C=O) groups excluding carboxylic acids is 1. The van der Waals surface area contributed by atoms with E-state index in [-0.39, 0.29) is 18.0 Å². The molecule has 1 aromatic carbocycles. The summed E-state index contributed by atoms with van der Waals surface area (Å²) in [5.41, 5.74) is 3.86. The van der Waals surface area contributed by atoms with Crippen LogP contribution in [0.2, 0.25) is 0 Å². The van der Waals surface area contributed by atoms with Gasteiger partial charge in [-0.15, -0.1) is 0 Å². The average molecular weight is 369 g/mol. The molecule has 0 spiro atoms. The fourth-order valence-electron chi connectivity index (χ4n) is 4.21. The summed E-state index contributed by atoms with van der Waals surface area (Å²) in [6, 6.07) is 10.2. The number of fused-ring (bicyclic) bond motifs is 1. The van der Waals surface area contributed by atoms with Crippen LogP contribution in [0.4, 0.5) is 0 Å². The Morgan fingerprint density at radius 2 is 2.11 bits per heavy atom. The van der Waals surface area contributed by atoms with Crippen molar-refractivity contribution in [2.45, 2.75) is 58.7 Å². The van der Waals surface area contributed by atoms with Gasteiger partial charge in [0.25, 0.3) is 0 Å². The van der Waals surface area contributed by atoms with Gasteiger partial charge in [0.15, 0.2) is 0 Å². The number of carbonyl (C=O) groups is 1. The van der Waals surface area contributed by atoms with E-state index in [0.29, 0.717) is 31.5 Å². The zero-order valence-electron chi connectivity index (χ0n) is 16.7. The minimum atomic E-state index is -0.0967. The zero-order valence-corrected chi connectivity index (χ0v) is 16.7. The highest BCUT2D eigenvalue weighted by Gasteiger charge is 2.32. The monoisotopic (exact) mass is 368 g/mol. The first-order valence-electron chi connectivity index (χ1n) is 10.2. The van der Waals surface area contributed by atoms with Gasteiger partial charge in [0, 0.05) is 12.3 Å². The molecule has 1 fully saturated rings. The lowest BCUT2D eigenvalue weighted by Gasteiger charge is -2.34. The van der Waals surface area contributed by atoms with Crippen LogP contribution >= 0.6 is 0 Å². The first-order chi connectivity index (χ1) is 13.0. The normalized spacial score (nSPS) is 28.7. The number of esters is 1.